The second-order valence-electron chi connectivity index (χ2n) is 14.6. The van der Waals surface area contributed by atoms with E-state index in [0.717, 1.165) is 39.9 Å². The van der Waals surface area contributed by atoms with E-state index in [0.29, 0.717) is 12.5 Å². The Morgan fingerprint density at radius 3 is 2.41 bits per heavy atom. The molecule has 18 heteroatoms. The maximum Gasteiger partial charge on any atom is 0.411 e. The first-order chi connectivity index (χ1) is 25.5. The fraction of sp³-hybridized carbons (Fsp3) is 0.444. The molecule has 288 valence electrons. The van der Waals surface area contributed by atoms with E-state index >= 15 is 0 Å². The Bertz CT molecular complexity index is 2020. The molecule has 2 heterocycles. The first-order valence-electron chi connectivity index (χ1n) is 17.2. The number of nitrogens with zero attached hydrogens (tertiary/aromatic N) is 7. The van der Waals surface area contributed by atoms with Gasteiger partial charge in [0, 0.05) is 23.9 Å². The molecule has 1 atom stereocenters. The minimum Gasteiger partial charge on any atom is -0.447 e. The molecule has 2 aliphatic carbocycles. The lowest BCUT2D eigenvalue weighted by Crippen LogP contribution is -2.49. The van der Waals surface area contributed by atoms with Gasteiger partial charge in [0.1, 0.15) is 18.5 Å². The fourth-order valence-corrected chi connectivity index (χ4v) is 5.95. The van der Waals surface area contributed by atoms with Crippen molar-refractivity contribution in [2.45, 2.75) is 83.1 Å². The molecule has 2 amide bonds. The molecule has 2 aromatic heterocycles. The zero-order valence-electron chi connectivity index (χ0n) is 29.7. The number of guanidine groups is 1. The maximum absolute atomic E-state index is 14.5. The average Bonchev–Trinajstić information content (AvgIpc) is 4.00. The number of hydrogen-bond acceptors (Lipinski definition) is 7. The van der Waals surface area contributed by atoms with Crippen LogP contribution < -0.4 is 11.1 Å². The van der Waals surface area contributed by atoms with Gasteiger partial charge in [0.25, 0.3) is 12.3 Å². The molecule has 0 radical (unpaired) electrons. The van der Waals surface area contributed by atoms with Crippen LogP contribution in [0.2, 0.25) is 5.02 Å². The predicted octanol–water partition coefficient (Wildman–Crippen LogP) is 7.81. The van der Waals surface area contributed by atoms with Crippen molar-refractivity contribution < 1.29 is 36.3 Å². The van der Waals surface area contributed by atoms with Gasteiger partial charge in [0.15, 0.2) is 11.8 Å². The third-order valence-electron chi connectivity index (χ3n) is 9.26. The van der Waals surface area contributed by atoms with Gasteiger partial charge in [-0.15, -0.1) is 0 Å². The number of amides is 2. The molecule has 6 rings (SSSR count). The number of hydrogen-bond donors (Lipinski definition) is 2. The average molecular weight is 776 g/mol. The lowest BCUT2D eigenvalue weighted by molar-refractivity contribution is -0.164. The molecule has 2 aromatic carbocycles. The van der Waals surface area contributed by atoms with Crippen molar-refractivity contribution in [2.75, 3.05) is 13.2 Å². The van der Waals surface area contributed by atoms with Crippen LogP contribution in [0.4, 0.5) is 26.7 Å². The van der Waals surface area contributed by atoms with E-state index in [2.05, 4.69) is 20.2 Å². The number of nitrogens with one attached hydrogen (secondary N) is 1. The van der Waals surface area contributed by atoms with E-state index in [-0.39, 0.29) is 52.6 Å². The summed E-state index contributed by atoms with van der Waals surface area (Å²) < 4.78 is 76.9. The molecule has 12 nitrogen and oxygen atoms in total. The molecule has 0 bridgehead atoms. The number of rotatable bonds is 12. The van der Waals surface area contributed by atoms with E-state index < -0.39 is 48.6 Å². The number of alkyl carbamates (subject to hydrolysis) is 1. The second-order valence-corrected chi connectivity index (χ2v) is 15.0. The third-order valence-corrected chi connectivity index (χ3v) is 9.58. The van der Waals surface area contributed by atoms with Gasteiger partial charge in [0.05, 0.1) is 29.0 Å². The SMILES string of the molecule is CC(C)(C)CCN=C(N)N(C(=O)c1ccc(-c2cnn(C3CC3)c2)cc1)[C@H](COC(=O)NC1(C(F)(F)F)CC1)c1ccc(Cl)c(-n2ncnc2C(F)F)c1. The molecule has 2 fully saturated rings. The largest absolute Gasteiger partial charge is 0.447 e. The molecular weight excluding hydrogens is 737 g/mol. The molecular formula is C36H39ClF5N9O3. The fourth-order valence-electron chi connectivity index (χ4n) is 5.75. The summed E-state index contributed by atoms with van der Waals surface area (Å²) in [5.41, 5.74) is 5.86. The number of halogens is 6. The summed E-state index contributed by atoms with van der Waals surface area (Å²) in [6.45, 7) is 5.45. The van der Waals surface area contributed by atoms with E-state index in [1.807, 2.05) is 37.0 Å². The monoisotopic (exact) mass is 775 g/mol. The Balaban J connectivity index is 1.39. The van der Waals surface area contributed by atoms with Gasteiger partial charge < -0.3 is 15.8 Å². The van der Waals surface area contributed by atoms with Gasteiger partial charge >= 0.3 is 12.3 Å². The number of nitrogens with two attached hydrogens (primary N) is 1. The first kappa shape index (κ1) is 38.7. The quantitative estimate of drug-likeness (QED) is 0.0848. The van der Waals surface area contributed by atoms with Gasteiger partial charge in [-0.25, -0.2) is 23.2 Å². The van der Waals surface area contributed by atoms with E-state index in [4.69, 9.17) is 22.1 Å². The molecule has 2 aliphatic rings. The summed E-state index contributed by atoms with van der Waals surface area (Å²) in [5, 5.41) is 10.2. The van der Waals surface area contributed by atoms with Crippen LogP contribution in [0.1, 0.15) is 93.1 Å². The highest BCUT2D eigenvalue weighted by atomic mass is 35.5. The van der Waals surface area contributed by atoms with Crippen molar-refractivity contribution in [3.05, 3.63) is 83.2 Å². The zero-order valence-corrected chi connectivity index (χ0v) is 30.4. The Morgan fingerprint density at radius 2 is 1.80 bits per heavy atom. The summed E-state index contributed by atoms with van der Waals surface area (Å²) >= 11 is 6.45. The van der Waals surface area contributed by atoms with E-state index in [1.54, 1.807) is 30.5 Å². The molecule has 54 heavy (non-hydrogen) atoms. The molecule has 0 saturated heterocycles. The van der Waals surface area contributed by atoms with Crippen LogP contribution in [0.3, 0.4) is 0 Å². The Labute approximate surface area is 312 Å². The van der Waals surface area contributed by atoms with Crippen LogP contribution in [0.5, 0.6) is 0 Å². The van der Waals surface area contributed by atoms with Crippen LogP contribution >= 0.6 is 11.6 Å². The highest BCUT2D eigenvalue weighted by molar-refractivity contribution is 6.32. The van der Waals surface area contributed by atoms with Gasteiger partial charge in [-0.1, -0.05) is 50.6 Å². The topological polar surface area (TPSA) is 146 Å². The van der Waals surface area contributed by atoms with Crippen molar-refractivity contribution in [1.82, 2.24) is 34.8 Å². The molecule has 4 aromatic rings. The first-order valence-corrected chi connectivity index (χ1v) is 17.6. The summed E-state index contributed by atoms with van der Waals surface area (Å²) in [7, 11) is 0. The highest BCUT2D eigenvalue weighted by Crippen LogP contribution is 2.49. The summed E-state index contributed by atoms with van der Waals surface area (Å²) in [4.78, 5) is 36.6. The maximum atomic E-state index is 14.5. The van der Waals surface area contributed by atoms with Crippen molar-refractivity contribution >= 4 is 29.6 Å². The zero-order chi connectivity index (χ0) is 39.0. The lowest BCUT2D eigenvalue weighted by Gasteiger charge is -2.32. The van der Waals surface area contributed by atoms with Gasteiger partial charge in [0.2, 0.25) is 0 Å². The number of benzene rings is 2. The number of aliphatic imine (C=N–C) groups is 1. The van der Waals surface area contributed by atoms with Crippen LogP contribution in [-0.2, 0) is 4.74 Å². The van der Waals surface area contributed by atoms with E-state index in [9.17, 15) is 31.5 Å². The van der Waals surface area contributed by atoms with Crippen LogP contribution in [0.25, 0.3) is 16.8 Å². The standard InChI is InChI=1S/C36H39ClF5N9O3/c1-34(2,3)14-15-44-32(43)50(31(52)22-6-4-21(5-7-22)24-17-46-49(18-24)25-9-10-25)28(19-54-33(53)48-35(12-13-35)36(40,41)42)23-8-11-26(37)27(16-23)51-30(29(38)39)45-20-47-51/h4-8,11,16-18,20,25,28-29H,9-10,12-15,19H2,1-3H3,(H2,43,44)(H,48,53)/t28-/m1/s1. The molecule has 0 spiro atoms. The molecule has 0 aliphatic heterocycles. The normalized spacial score (nSPS) is 16.3. The smallest absolute Gasteiger partial charge is 0.411 e. The number of carbonyl (C=O) groups excluding carboxylic acids is 2. The number of carbonyl (C=O) groups is 2. The summed E-state index contributed by atoms with van der Waals surface area (Å²) in [5.74, 6) is -1.70. The number of aromatic nitrogens is 5. The molecule has 3 N–H and O–H groups in total. The van der Waals surface area contributed by atoms with Crippen molar-refractivity contribution in [3.63, 3.8) is 0 Å². The third kappa shape index (κ3) is 8.66. The summed E-state index contributed by atoms with van der Waals surface area (Å²) in [6.07, 6.45) is -2.53. The van der Waals surface area contributed by atoms with Crippen molar-refractivity contribution in [2.24, 2.45) is 16.1 Å². The highest BCUT2D eigenvalue weighted by Gasteiger charge is 2.64. The van der Waals surface area contributed by atoms with Gasteiger partial charge in [-0.3, -0.25) is 19.4 Å². The van der Waals surface area contributed by atoms with Crippen LogP contribution in [-0.4, -0.2) is 72.3 Å². The second kappa shape index (κ2) is 15.0. The van der Waals surface area contributed by atoms with Gasteiger partial charge in [-0.2, -0.15) is 23.4 Å². The summed E-state index contributed by atoms with van der Waals surface area (Å²) in [6, 6.07) is 9.75. The molecule has 0 unspecified atom stereocenters. The Kier molecular flexibility index (Phi) is 10.7. The van der Waals surface area contributed by atoms with E-state index in [1.165, 1.54) is 18.2 Å². The molecule has 2 saturated carbocycles. The van der Waals surface area contributed by atoms with Crippen molar-refractivity contribution in [3.8, 4) is 16.8 Å². The number of ether oxygens (including phenoxy) is 1. The lowest BCUT2D eigenvalue weighted by atomic mass is 9.92. The Hall–Kier alpha value is -5.06. The van der Waals surface area contributed by atoms with Crippen LogP contribution in [0, 0.1) is 5.41 Å². The Morgan fingerprint density at radius 1 is 1.09 bits per heavy atom. The minimum absolute atomic E-state index is 0.0188. The van der Waals surface area contributed by atoms with Gasteiger partial charge in [-0.05, 0) is 72.9 Å². The minimum atomic E-state index is -4.72. The van der Waals surface area contributed by atoms with Crippen LogP contribution in [0.15, 0.2) is 66.2 Å². The number of alkyl halides is 5. The predicted molar refractivity (Wildman–Crippen MR) is 189 cm³/mol. The van der Waals surface area contributed by atoms with Crippen molar-refractivity contribution in [1.29, 1.82) is 0 Å².